The molecule has 0 fully saturated rings. The zero-order valence-corrected chi connectivity index (χ0v) is 10.4. The van der Waals surface area contributed by atoms with E-state index in [2.05, 4.69) is 20.6 Å². The first-order valence-corrected chi connectivity index (χ1v) is 6.17. The quantitative estimate of drug-likeness (QED) is 0.626. The Labute approximate surface area is 110 Å². The van der Waals surface area contributed by atoms with Crippen LogP contribution in [0.2, 0.25) is 0 Å². The summed E-state index contributed by atoms with van der Waals surface area (Å²) in [4.78, 5) is 18.5. The van der Waals surface area contributed by atoms with Gasteiger partial charge in [-0.2, -0.15) is 0 Å². The van der Waals surface area contributed by atoms with E-state index in [9.17, 15) is 4.79 Å². The average Bonchev–Trinajstić information content (AvgIpc) is 2.89. The van der Waals surface area contributed by atoms with Crippen molar-refractivity contribution in [1.82, 2.24) is 9.97 Å². The molecule has 2 aromatic rings. The van der Waals surface area contributed by atoms with E-state index in [0.29, 0.717) is 18.7 Å². The zero-order chi connectivity index (χ0) is 13.2. The second-order valence-electron chi connectivity index (χ2n) is 4.53. The average molecular weight is 257 g/mol. The highest BCUT2D eigenvalue weighted by atomic mass is 16.1. The Morgan fingerprint density at radius 3 is 3.05 bits per heavy atom. The topological polar surface area (TPSA) is 95.8 Å². The molecular weight excluding hydrogens is 242 g/mol. The van der Waals surface area contributed by atoms with Crippen molar-refractivity contribution in [2.45, 2.75) is 19.4 Å². The first-order chi connectivity index (χ1) is 9.22. The summed E-state index contributed by atoms with van der Waals surface area (Å²) >= 11 is 0. The molecule has 3 rings (SSSR count). The van der Waals surface area contributed by atoms with Crippen molar-refractivity contribution in [2.75, 3.05) is 16.4 Å². The normalized spacial score (nSPS) is 13.8. The summed E-state index contributed by atoms with van der Waals surface area (Å²) in [5, 5.41) is 6.08. The van der Waals surface area contributed by atoms with E-state index < -0.39 is 0 Å². The first kappa shape index (κ1) is 11.6. The smallest absolute Gasteiger partial charge is 0.224 e. The number of fused-ring (bicyclic) bond motifs is 1. The van der Waals surface area contributed by atoms with Crippen molar-refractivity contribution >= 4 is 23.0 Å². The number of aromatic nitrogens is 2. The van der Waals surface area contributed by atoms with Crippen LogP contribution < -0.4 is 16.4 Å². The van der Waals surface area contributed by atoms with Gasteiger partial charge in [0, 0.05) is 24.5 Å². The Bertz CT molecular complexity index is 606. The number of hydrogen-bond acceptors (Lipinski definition) is 4. The number of amides is 1. The molecule has 0 saturated heterocycles. The van der Waals surface area contributed by atoms with Gasteiger partial charge in [0.1, 0.15) is 5.82 Å². The van der Waals surface area contributed by atoms with E-state index in [1.807, 2.05) is 6.07 Å². The molecule has 98 valence electrons. The minimum absolute atomic E-state index is 0.0446. The van der Waals surface area contributed by atoms with Gasteiger partial charge in [-0.3, -0.25) is 4.79 Å². The Balaban J connectivity index is 1.80. The fourth-order valence-electron chi connectivity index (χ4n) is 2.17. The van der Waals surface area contributed by atoms with E-state index in [1.54, 1.807) is 18.5 Å². The number of nitrogens with two attached hydrogens (primary N) is 1. The van der Waals surface area contributed by atoms with E-state index in [1.165, 1.54) is 0 Å². The number of rotatable bonds is 3. The lowest BCUT2D eigenvalue weighted by Gasteiger charge is -2.19. The fraction of sp³-hybridized carbons (Fsp3) is 0.231. The number of nitrogen functional groups attached to an aromatic ring is 1. The molecule has 6 heteroatoms. The van der Waals surface area contributed by atoms with Gasteiger partial charge in [0.15, 0.2) is 0 Å². The molecule has 6 nitrogen and oxygen atoms in total. The standard InChI is InChI=1S/C13H15N5O/c14-9-6-10-8(1-2-13(19)18-10)5-11(9)17-7-12-15-3-4-16-12/h3-6,17H,1-2,7,14H2,(H,15,16)(H,18,19). The van der Waals surface area contributed by atoms with Crippen molar-refractivity contribution in [2.24, 2.45) is 0 Å². The van der Waals surface area contributed by atoms with Crippen LogP contribution in [-0.4, -0.2) is 15.9 Å². The maximum atomic E-state index is 11.3. The number of H-pyrrole nitrogens is 1. The van der Waals surface area contributed by atoms with Crippen molar-refractivity contribution < 1.29 is 4.79 Å². The van der Waals surface area contributed by atoms with Crippen molar-refractivity contribution in [3.05, 3.63) is 35.9 Å². The lowest BCUT2D eigenvalue weighted by atomic mass is 10.0. The lowest BCUT2D eigenvalue weighted by molar-refractivity contribution is -0.116. The number of nitrogens with one attached hydrogen (secondary N) is 3. The molecule has 5 N–H and O–H groups in total. The maximum absolute atomic E-state index is 11.3. The predicted molar refractivity (Wildman–Crippen MR) is 73.7 cm³/mol. The Morgan fingerprint density at radius 1 is 1.37 bits per heavy atom. The van der Waals surface area contributed by atoms with Crippen LogP contribution in [-0.2, 0) is 17.8 Å². The van der Waals surface area contributed by atoms with Gasteiger partial charge >= 0.3 is 0 Å². The number of aryl methyl sites for hydroxylation is 1. The number of benzene rings is 1. The molecule has 1 aromatic heterocycles. The predicted octanol–water partition coefficient (Wildman–Crippen LogP) is 1.49. The molecule has 1 aliphatic rings. The van der Waals surface area contributed by atoms with Gasteiger partial charge in [-0.25, -0.2) is 4.98 Å². The summed E-state index contributed by atoms with van der Waals surface area (Å²) < 4.78 is 0. The fourth-order valence-corrected chi connectivity index (χ4v) is 2.17. The van der Waals surface area contributed by atoms with E-state index in [4.69, 9.17) is 5.73 Å². The van der Waals surface area contributed by atoms with Crippen LogP contribution in [0, 0.1) is 0 Å². The van der Waals surface area contributed by atoms with Crippen LogP contribution >= 0.6 is 0 Å². The van der Waals surface area contributed by atoms with Gasteiger partial charge in [0.2, 0.25) is 5.91 Å². The number of carbonyl (C=O) groups excluding carboxylic acids is 1. The van der Waals surface area contributed by atoms with Gasteiger partial charge in [0.25, 0.3) is 0 Å². The van der Waals surface area contributed by atoms with E-state index in [0.717, 1.165) is 29.2 Å². The summed E-state index contributed by atoms with van der Waals surface area (Å²) in [6, 6.07) is 3.80. The molecule has 0 spiro atoms. The monoisotopic (exact) mass is 257 g/mol. The van der Waals surface area contributed by atoms with Gasteiger partial charge in [0.05, 0.1) is 17.9 Å². The second-order valence-corrected chi connectivity index (χ2v) is 4.53. The molecule has 19 heavy (non-hydrogen) atoms. The molecule has 0 atom stereocenters. The minimum Gasteiger partial charge on any atom is -0.397 e. The summed E-state index contributed by atoms with van der Waals surface area (Å²) in [6.07, 6.45) is 4.76. The second kappa shape index (κ2) is 4.64. The largest absolute Gasteiger partial charge is 0.397 e. The van der Waals surface area contributed by atoms with E-state index in [-0.39, 0.29) is 5.91 Å². The Hall–Kier alpha value is -2.50. The SMILES string of the molecule is Nc1cc2c(cc1NCc1ncc[nH]1)CCC(=O)N2. The number of aromatic amines is 1. The minimum atomic E-state index is 0.0446. The highest BCUT2D eigenvalue weighted by molar-refractivity contribution is 5.95. The van der Waals surface area contributed by atoms with Crippen LogP contribution in [0.3, 0.4) is 0 Å². The molecule has 0 aliphatic carbocycles. The highest BCUT2D eigenvalue weighted by Gasteiger charge is 2.16. The molecular formula is C13H15N5O. The number of anilines is 3. The maximum Gasteiger partial charge on any atom is 0.224 e. The van der Waals surface area contributed by atoms with Crippen molar-refractivity contribution in [3.63, 3.8) is 0 Å². The first-order valence-electron chi connectivity index (χ1n) is 6.17. The third-order valence-electron chi connectivity index (χ3n) is 3.17. The molecule has 0 saturated carbocycles. The van der Waals surface area contributed by atoms with Crippen LogP contribution in [0.15, 0.2) is 24.5 Å². The molecule has 0 bridgehead atoms. The Kier molecular flexibility index (Phi) is 2.83. The third kappa shape index (κ3) is 2.37. The zero-order valence-electron chi connectivity index (χ0n) is 10.4. The lowest BCUT2D eigenvalue weighted by Crippen LogP contribution is -2.19. The van der Waals surface area contributed by atoms with Crippen molar-refractivity contribution in [3.8, 4) is 0 Å². The summed E-state index contributed by atoms with van der Waals surface area (Å²) in [5.41, 5.74) is 9.39. The number of nitrogens with zero attached hydrogens (tertiary/aromatic N) is 1. The van der Waals surface area contributed by atoms with E-state index >= 15 is 0 Å². The van der Waals surface area contributed by atoms with Crippen LogP contribution in [0.25, 0.3) is 0 Å². The summed E-state index contributed by atoms with van der Waals surface area (Å²) in [5.74, 6) is 0.897. The van der Waals surface area contributed by atoms with Gasteiger partial charge in [-0.1, -0.05) is 0 Å². The third-order valence-corrected chi connectivity index (χ3v) is 3.17. The number of carbonyl (C=O) groups is 1. The molecule has 1 amide bonds. The Morgan fingerprint density at radius 2 is 2.26 bits per heavy atom. The molecule has 0 unspecified atom stereocenters. The van der Waals surface area contributed by atoms with Crippen LogP contribution in [0.5, 0.6) is 0 Å². The molecule has 1 aliphatic heterocycles. The van der Waals surface area contributed by atoms with Crippen molar-refractivity contribution in [1.29, 1.82) is 0 Å². The summed E-state index contributed by atoms with van der Waals surface area (Å²) in [6.45, 7) is 0.586. The number of imidazole rings is 1. The van der Waals surface area contributed by atoms with Gasteiger partial charge < -0.3 is 21.4 Å². The number of hydrogen-bond donors (Lipinski definition) is 4. The molecule has 0 radical (unpaired) electrons. The van der Waals surface area contributed by atoms with Crippen LogP contribution in [0.1, 0.15) is 17.8 Å². The van der Waals surface area contributed by atoms with Gasteiger partial charge in [-0.05, 0) is 24.1 Å². The summed E-state index contributed by atoms with van der Waals surface area (Å²) in [7, 11) is 0. The molecule has 2 heterocycles. The van der Waals surface area contributed by atoms with Crippen LogP contribution in [0.4, 0.5) is 17.1 Å². The van der Waals surface area contributed by atoms with Gasteiger partial charge in [-0.15, -0.1) is 0 Å². The highest BCUT2D eigenvalue weighted by Crippen LogP contribution is 2.31. The molecule has 1 aromatic carbocycles.